The Morgan fingerprint density at radius 2 is 1.65 bits per heavy atom. The van der Waals surface area contributed by atoms with E-state index < -0.39 is 16.0 Å². The molecule has 1 heterocycles. The van der Waals surface area contributed by atoms with E-state index in [4.69, 9.17) is 0 Å². The van der Waals surface area contributed by atoms with Crippen molar-refractivity contribution in [2.24, 2.45) is 0 Å². The van der Waals surface area contributed by atoms with Gasteiger partial charge in [0.05, 0.1) is 16.1 Å². The molecule has 2 aromatic rings. The van der Waals surface area contributed by atoms with Crippen molar-refractivity contribution in [3.05, 3.63) is 52.6 Å². The average molecular weight is 446 g/mol. The molecule has 1 fully saturated rings. The van der Waals surface area contributed by atoms with Crippen LogP contribution in [0.5, 0.6) is 0 Å². The summed E-state index contributed by atoms with van der Waals surface area (Å²) in [6.45, 7) is 12.0. The smallest absolute Gasteiger partial charge is 0.337 e. The van der Waals surface area contributed by atoms with Crippen molar-refractivity contribution in [2.75, 3.05) is 42.3 Å². The van der Waals surface area contributed by atoms with E-state index in [1.165, 1.54) is 6.07 Å². The summed E-state index contributed by atoms with van der Waals surface area (Å²) in [5, 5.41) is 9.77. The second-order valence-corrected chi connectivity index (χ2v) is 9.82. The molecule has 0 bridgehead atoms. The Morgan fingerprint density at radius 3 is 2.26 bits per heavy atom. The quantitative estimate of drug-likeness (QED) is 0.676. The zero-order valence-electron chi connectivity index (χ0n) is 18.6. The van der Waals surface area contributed by atoms with Crippen molar-refractivity contribution in [1.29, 1.82) is 0 Å². The number of carboxylic acid groups (broad SMARTS) is 1. The summed E-state index contributed by atoms with van der Waals surface area (Å²) < 4.78 is 28.5. The molecule has 0 aromatic heterocycles. The van der Waals surface area contributed by atoms with Crippen molar-refractivity contribution < 1.29 is 18.3 Å². The number of benzene rings is 2. The lowest BCUT2D eigenvalue weighted by Gasteiger charge is -2.36. The number of anilines is 2. The van der Waals surface area contributed by atoms with Crippen LogP contribution in [-0.2, 0) is 10.0 Å². The Labute approximate surface area is 184 Å². The Hall–Kier alpha value is -2.58. The number of aromatic carboxylic acids is 1. The summed E-state index contributed by atoms with van der Waals surface area (Å²) >= 11 is 0. The first-order valence-corrected chi connectivity index (χ1v) is 12.1. The van der Waals surface area contributed by atoms with E-state index in [9.17, 15) is 18.3 Å². The van der Waals surface area contributed by atoms with Crippen LogP contribution in [0.3, 0.4) is 0 Å². The first-order chi connectivity index (χ1) is 14.6. The maximum Gasteiger partial charge on any atom is 0.337 e. The minimum Gasteiger partial charge on any atom is -0.478 e. The molecule has 3 rings (SSSR count). The van der Waals surface area contributed by atoms with Crippen LogP contribution in [0, 0.1) is 20.8 Å². The van der Waals surface area contributed by atoms with Crippen LogP contribution in [-0.4, -0.2) is 57.1 Å². The predicted octanol–water partition coefficient (Wildman–Crippen LogP) is 3.64. The SMILES string of the molecule is CCCN1CCN(c2ccc(NS(=O)(=O)c3cc(C)c(C)cc3C)cc2C(=O)O)CC1. The highest BCUT2D eigenvalue weighted by Crippen LogP contribution is 2.28. The monoisotopic (exact) mass is 445 g/mol. The van der Waals surface area contributed by atoms with E-state index in [2.05, 4.69) is 21.4 Å². The highest BCUT2D eigenvalue weighted by Gasteiger charge is 2.23. The molecule has 1 aliphatic rings. The summed E-state index contributed by atoms with van der Waals surface area (Å²) in [7, 11) is -3.84. The fraction of sp³-hybridized carbons (Fsp3) is 0.435. The van der Waals surface area contributed by atoms with Gasteiger partial charge in [-0.05, 0) is 74.7 Å². The number of nitrogens with one attached hydrogen (secondary N) is 1. The lowest BCUT2D eigenvalue weighted by molar-refractivity contribution is 0.0697. The van der Waals surface area contributed by atoms with Crippen LogP contribution >= 0.6 is 0 Å². The molecular formula is C23H31N3O4S. The molecule has 31 heavy (non-hydrogen) atoms. The third-order valence-electron chi connectivity index (χ3n) is 5.81. The first kappa shape index (κ1) is 23.1. The Kier molecular flexibility index (Phi) is 6.91. The maximum absolute atomic E-state index is 13.0. The fourth-order valence-electron chi connectivity index (χ4n) is 4.01. The summed E-state index contributed by atoms with van der Waals surface area (Å²) in [4.78, 5) is 16.6. The standard InChI is InChI=1S/C23H31N3O4S/c1-5-8-25-9-11-26(12-10-25)21-7-6-19(15-20(21)23(27)28)24-31(29,30)22-14-17(3)16(2)13-18(22)4/h6-7,13-15,24H,5,8-12H2,1-4H3,(H,27,28). The molecule has 0 atom stereocenters. The van der Waals surface area contributed by atoms with Crippen molar-refractivity contribution in [2.45, 2.75) is 39.0 Å². The van der Waals surface area contributed by atoms with Crippen LogP contribution in [0.15, 0.2) is 35.2 Å². The highest BCUT2D eigenvalue weighted by molar-refractivity contribution is 7.92. The number of aryl methyl sites for hydroxylation is 3. The number of hydrogen-bond acceptors (Lipinski definition) is 5. The summed E-state index contributed by atoms with van der Waals surface area (Å²) in [6.07, 6.45) is 1.09. The number of hydrogen-bond donors (Lipinski definition) is 2. The number of sulfonamides is 1. The average Bonchev–Trinajstić information content (AvgIpc) is 2.71. The minimum atomic E-state index is -3.84. The summed E-state index contributed by atoms with van der Waals surface area (Å²) in [5.41, 5.74) is 3.51. The number of piperazine rings is 1. The molecule has 0 saturated carbocycles. The fourth-order valence-corrected chi connectivity index (χ4v) is 5.37. The van der Waals surface area contributed by atoms with Crippen LogP contribution in [0.4, 0.5) is 11.4 Å². The van der Waals surface area contributed by atoms with Gasteiger partial charge in [-0.3, -0.25) is 9.62 Å². The van der Waals surface area contributed by atoms with Crippen LogP contribution in [0.1, 0.15) is 40.4 Å². The highest BCUT2D eigenvalue weighted by atomic mass is 32.2. The molecule has 1 aliphatic heterocycles. The number of nitrogens with zero attached hydrogens (tertiary/aromatic N) is 2. The maximum atomic E-state index is 13.0. The topological polar surface area (TPSA) is 90.0 Å². The van der Waals surface area contributed by atoms with E-state index in [1.807, 2.05) is 19.9 Å². The molecule has 8 heteroatoms. The minimum absolute atomic E-state index is 0.0981. The molecule has 0 spiro atoms. The zero-order chi connectivity index (χ0) is 22.8. The van der Waals surface area contributed by atoms with Gasteiger partial charge in [0.2, 0.25) is 0 Å². The van der Waals surface area contributed by atoms with Gasteiger partial charge in [0, 0.05) is 31.9 Å². The summed E-state index contributed by atoms with van der Waals surface area (Å²) in [5.74, 6) is -1.07. The molecule has 0 unspecified atom stereocenters. The van der Waals surface area contributed by atoms with Crippen LogP contribution in [0.2, 0.25) is 0 Å². The number of rotatable bonds is 7. The first-order valence-electron chi connectivity index (χ1n) is 10.6. The van der Waals surface area contributed by atoms with Gasteiger partial charge in [-0.2, -0.15) is 0 Å². The van der Waals surface area contributed by atoms with Crippen LogP contribution in [0.25, 0.3) is 0 Å². The normalized spacial score (nSPS) is 15.2. The van der Waals surface area contributed by atoms with E-state index in [0.29, 0.717) is 11.3 Å². The molecule has 1 saturated heterocycles. The second kappa shape index (κ2) is 9.28. The van der Waals surface area contributed by atoms with Gasteiger partial charge in [-0.15, -0.1) is 0 Å². The third kappa shape index (κ3) is 5.19. The number of carboxylic acids is 1. The lowest BCUT2D eigenvalue weighted by atomic mass is 10.1. The van der Waals surface area contributed by atoms with E-state index in [0.717, 1.165) is 50.3 Å². The molecule has 7 nitrogen and oxygen atoms in total. The van der Waals surface area contributed by atoms with Gasteiger partial charge in [0.1, 0.15) is 0 Å². The zero-order valence-corrected chi connectivity index (χ0v) is 19.4. The molecule has 2 N–H and O–H groups in total. The Bertz CT molecular complexity index is 1070. The van der Waals surface area contributed by atoms with Gasteiger partial charge in [-0.1, -0.05) is 13.0 Å². The summed E-state index contributed by atoms with van der Waals surface area (Å²) in [6, 6.07) is 8.23. The van der Waals surface area contributed by atoms with Crippen LogP contribution < -0.4 is 9.62 Å². The van der Waals surface area contributed by atoms with Crippen molar-refractivity contribution >= 4 is 27.4 Å². The van der Waals surface area contributed by atoms with E-state index in [-0.39, 0.29) is 16.1 Å². The Morgan fingerprint density at radius 1 is 1.00 bits per heavy atom. The molecule has 2 aromatic carbocycles. The molecular weight excluding hydrogens is 414 g/mol. The molecule has 0 aliphatic carbocycles. The second-order valence-electron chi connectivity index (χ2n) is 8.17. The largest absolute Gasteiger partial charge is 0.478 e. The van der Waals surface area contributed by atoms with E-state index >= 15 is 0 Å². The van der Waals surface area contributed by atoms with Gasteiger partial charge in [0.15, 0.2) is 0 Å². The van der Waals surface area contributed by atoms with Gasteiger partial charge < -0.3 is 10.0 Å². The Balaban J connectivity index is 1.86. The van der Waals surface area contributed by atoms with Gasteiger partial charge in [-0.25, -0.2) is 13.2 Å². The van der Waals surface area contributed by atoms with Crippen molar-refractivity contribution in [3.8, 4) is 0 Å². The molecule has 0 radical (unpaired) electrons. The van der Waals surface area contributed by atoms with Crippen molar-refractivity contribution in [1.82, 2.24) is 4.90 Å². The molecule has 168 valence electrons. The van der Waals surface area contributed by atoms with Gasteiger partial charge in [0.25, 0.3) is 10.0 Å². The van der Waals surface area contributed by atoms with Crippen molar-refractivity contribution in [3.63, 3.8) is 0 Å². The third-order valence-corrected chi connectivity index (χ3v) is 7.34. The number of carbonyl (C=O) groups is 1. The predicted molar refractivity (Wildman–Crippen MR) is 124 cm³/mol. The van der Waals surface area contributed by atoms with Gasteiger partial charge >= 0.3 is 5.97 Å². The molecule has 0 amide bonds. The van der Waals surface area contributed by atoms with E-state index in [1.54, 1.807) is 25.1 Å². The lowest BCUT2D eigenvalue weighted by Crippen LogP contribution is -2.47.